The lowest BCUT2D eigenvalue weighted by Gasteiger charge is -2.03. The second kappa shape index (κ2) is 5.19. The zero-order chi connectivity index (χ0) is 15.0. The van der Waals surface area contributed by atoms with Crippen molar-refractivity contribution in [3.05, 3.63) is 43.9 Å². The Labute approximate surface area is 127 Å². The van der Waals surface area contributed by atoms with E-state index in [-0.39, 0.29) is 16.2 Å². The molecule has 1 amide bonds. The van der Waals surface area contributed by atoms with Crippen LogP contribution in [0.25, 0.3) is 10.9 Å². The van der Waals surface area contributed by atoms with Gasteiger partial charge in [-0.25, -0.2) is 0 Å². The number of aromatic amines is 2. The zero-order valence-corrected chi connectivity index (χ0v) is 12.4. The molecule has 0 aliphatic carbocycles. The molecule has 0 radical (unpaired) electrons. The molecule has 2 aromatic heterocycles. The number of rotatable bonds is 2. The minimum Gasteiger partial charge on any atom is -0.332 e. The Hall–Kier alpha value is -2.39. The first kappa shape index (κ1) is 13.6. The molecule has 0 aliphatic heterocycles. The second-order valence-electron chi connectivity index (χ2n) is 4.25. The number of anilines is 1. The summed E-state index contributed by atoms with van der Waals surface area (Å²) in [6, 6.07) is 4.71. The van der Waals surface area contributed by atoms with Crippen LogP contribution in [-0.2, 0) is 0 Å². The molecule has 3 aromatic rings. The van der Waals surface area contributed by atoms with Crippen molar-refractivity contribution in [2.45, 2.75) is 6.92 Å². The highest BCUT2D eigenvalue weighted by Gasteiger charge is 2.10. The summed E-state index contributed by atoms with van der Waals surface area (Å²) in [6.07, 6.45) is 0. The number of nitrogens with zero attached hydrogens (tertiary/aromatic N) is 2. The molecule has 1 aromatic carbocycles. The highest BCUT2D eigenvalue weighted by molar-refractivity contribution is 7.71. The number of aryl methyl sites for hydroxylation is 1. The van der Waals surface area contributed by atoms with Crippen LogP contribution in [0.3, 0.4) is 0 Å². The van der Waals surface area contributed by atoms with E-state index in [4.69, 9.17) is 12.2 Å². The molecule has 2 heterocycles. The van der Waals surface area contributed by atoms with Crippen molar-refractivity contribution < 1.29 is 4.79 Å². The summed E-state index contributed by atoms with van der Waals surface area (Å²) in [7, 11) is 0. The van der Waals surface area contributed by atoms with Crippen molar-refractivity contribution in [3.8, 4) is 0 Å². The first-order chi connectivity index (χ1) is 10.0. The predicted molar refractivity (Wildman–Crippen MR) is 82.4 cm³/mol. The molecule has 3 N–H and O–H groups in total. The number of carbonyl (C=O) groups is 1. The fraction of sp³-hybridized carbons (Fsp3) is 0.0833. The van der Waals surface area contributed by atoms with E-state index in [1.165, 1.54) is 11.3 Å². The molecule has 0 saturated carbocycles. The van der Waals surface area contributed by atoms with E-state index in [0.717, 1.165) is 5.01 Å². The van der Waals surface area contributed by atoms with Gasteiger partial charge in [0.15, 0.2) is 4.77 Å². The maximum Gasteiger partial charge on any atom is 0.259 e. The summed E-state index contributed by atoms with van der Waals surface area (Å²) in [5, 5.41) is 11.9. The van der Waals surface area contributed by atoms with Crippen molar-refractivity contribution in [2.75, 3.05) is 5.32 Å². The summed E-state index contributed by atoms with van der Waals surface area (Å²) in [6.45, 7) is 1.80. The molecule has 0 saturated heterocycles. The summed E-state index contributed by atoms with van der Waals surface area (Å²) in [5.74, 6) is -0.326. The lowest BCUT2D eigenvalue weighted by Crippen LogP contribution is -2.13. The molecular weight excluding hydrogens is 310 g/mol. The first-order valence-electron chi connectivity index (χ1n) is 5.91. The Morgan fingerprint density at radius 3 is 2.86 bits per heavy atom. The van der Waals surface area contributed by atoms with Gasteiger partial charge >= 0.3 is 0 Å². The monoisotopic (exact) mass is 319 g/mol. The molecule has 3 rings (SSSR count). The summed E-state index contributed by atoms with van der Waals surface area (Å²) >= 11 is 6.20. The number of amides is 1. The number of hydrogen-bond acceptors (Lipinski definition) is 6. The number of H-pyrrole nitrogens is 2. The average Bonchev–Trinajstić information content (AvgIpc) is 2.83. The molecular formula is C12H9N5O2S2. The lowest BCUT2D eigenvalue weighted by molar-refractivity contribution is 0.102. The van der Waals surface area contributed by atoms with Gasteiger partial charge in [0, 0.05) is 5.56 Å². The number of aromatic nitrogens is 4. The molecule has 0 aliphatic rings. The third-order valence-electron chi connectivity index (χ3n) is 2.75. The lowest BCUT2D eigenvalue weighted by atomic mass is 10.1. The fourth-order valence-electron chi connectivity index (χ4n) is 1.83. The quantitative estimate of drug-likeness (QED) is 0.627. The van der Waals surface area contributed by atoms with E-state index in [9.17, 15) is 9.59 Å². The Bertz CT molecular complexity index is 956. The molecule has 0 spiro atoms. The average molecular weight is 319 g/mol. The Balaban J connectivity index is 1.99. The third kappa shape index (κ3) is 2.73. The number of fused-ring (bicyclic) bond motifs is 1. The summed E-state index contributed by atoms with van der Waals surface area (Å²) < 4.78 is 0.213. The van der Waals surface area contributed by atoms with E-state index < -0.39 is 0 Å². The van der Waals surface area contributed by atoms with Gasteiger partial charge in [-0.15, -0.1) is 10.2 Å². The van der Waals surface area contributed by atoms with Crippen LogP contribution in [0.2, 0.25) is 0 Å². The summed E-state index contributed by atoms with van der Waals surface area (Å²) in [5.41, 5.74) is 0.608. The van der Waals surface area contributed by atoms with E-state index >= 15 is 0 Å². The van der Waals surface area contributed by atoms with Gasteiger partial charge in [0.05, 0.1) is 10.9 Å². The Kier molecular flexibility index (Phi) is 3.35. The van der Waals surface area contributed by atoms with Gasteiger partial charge < -0.3 is 4.98 Å². The first-order valence-corrected chi connectivity index (χ1v) is 7.13. The van der Waals surface area contributed by atoms with E-state index in [0.29, 0.717) is 21.6 Å². The number of hydrogen-bond donors (Lipinski definition) is 3. The van der Waals surface area contributed by atoms with Crippen LogP contribution >= 0.6 is 23.6 Å². The third-order valence-corrected chi connectivity index (χ3v) is 3.71. The van der Waals surface area contributed by atoms with Crippen molar-refractivity contribution in [1.82, 2.24) is 20.2 Å². The van der Waals surface area contributed by atoms with Crippen molar-refractivity contribution in [3.63, 3.8) is 0 Å². The normalized spacial score (nSPS) is 10.7. The van der Waals surface area contributed by atoms with Crippen molar-refractivity contribution >= 4 is 45.5 Å². The molecule has 0 atom stereocenters. The van der Waals surface area contributed by atoms with E-state index in [1.54, 1.807) is 25.1 Å². The van der Waals surface area contributed by atoms with Gasteiger partial charge in [0.1, 0.15) is 5.01 Å². The van der Waals surface area contributed by atoms with Gasteiger partial charge in [-0.3, -0.25) is 19.9 Å². The molecule has 0 unspecified atom stereocenters. The summed E-state index contributed by atoms with van der Waals surface area (Å²) in [4.78, 5) is 29.2. The molecule has 21 heavy (non-hydrogen) atoms. The van der Waals surface area contributed by atoms with Crippen LogP contribution in [0.4, 0.5) is 5.13 Å². The molecule has 7 nitrogen and oxygen atoms in total. The van der Waals surface area contributed by atoms with Crippen LogP contribution in [0.1, 0.15) is 15.4 Å². The Morgan fingerprint density at radius 1 is 1.33 bits per heavy atom. The largest absolute Gasteiger partial charge is 0.332 e. The molecule has 9 heteroatoms. The molecule has 0 bridgehead atoms. The SMILES string of the molecule is Cc1nnc(NC(=O)c2ccc3c(=O)[nH]c(=S)[nH]c3c2)s1. The van der Waals surface area contributed by atoms with Crippen LogP contribution < -0.4 is 10.9 Å². The van der Waals surface area contributed by atoms with Crippen molar-refractivity contribution in [2.24, 2.45) is 0 Å². The van der Waals surface area contributed by atoms with Gasteiger partial charge in [-0.05, 0) is 37.3 Å². The van der Waals surface area contributed by atoms with Gasteiger partial charge in [0.25, 0.3) is 11.5 Å². The standard InChI is InChI=1S/C12H9N5O2S2/c1-5-16-17-12(21-5)15-9(18)6-2-3-7-8(4-6)13-11(20)14-10(7)19/h2-4H,1H3,(H,15,17,18)(H2,13,14,19,20). The Morgan fingerprint density at radius 2 is 2.14 bits per heavy atom. The van der Waals surface area contributed by atoms with Gasteiger partial charge in [-0.1, -0.05) is 11.3 Å². The minimum absolute atomic E-state index is 0.213. The van der Waals surface area contributed by atoms with E-state index in [1.807, 2.05) is 0 Å². The van der Waals surface area contributed by atoms with E-state index in [2.05, 4.69) is 25.5 Å². The number of benzene rings is 1. The highest BCUT2D eigenvalue weighted by Crippen LogP contribution is 2.16. The predicted octanol–water partition coefficient (Wildman–Crippen LogP) is 2.00. The number of nitrogens with one attached hydrogen (secondary N) is 3. The highest BCUT2D eigenvalue weighted by atomic mass is 32.1. The smallest absolute Gasteiger partial charge is 0.259 e. The maximum absolute atomic E-state index is 12.1. The topological polar surface area (TPSA) is 104 Å². The van der Waals surface area contributed by atoms with Gasteiger partial charge in [0.2, 0.25) is 5.13 Å². The van der Waals surface area contributed by atoms with Crippen LogP contribution in [0, 0.1) is 11.7 Å². The zero-order valence-electron chi connectivity index (χ0n) is 10.8. The van der Waals surface area contributed by atoms with Gasteiger partial charge in [-0.2, -0.15) is 0 Å². The van der Waals surface area contributed by atoms with Crippen LogP contribution in [0.5, 0.6) is 0 Å². The van der Waals surface area contributed by atoms with Crippen LogP contribution in [-0.4, -0.2) is 26.1 Å². The van der Waals surface area contributed by atoms with Crippen LogP contribution in [0.15, 0.2) is 23.0 Å². The fourth-order valence-corrected chi connectivity index (χ4v) is 2.62. The minimum atomic E-state index is -0.326. The molecule has 0 fully saturated rings. The van der Waals surface area contributed by atoms with Crippen molar-refractivity contribution in [1.29, 1.82) is 0 Å². The number of carbonyl (C=O) groups excluding carboxylic acids is 1. The maximum atomic E-state index is 12.1. The molecule has 106 valence electrons. The second-order valence-corrected chi connectivity index (χ2v) is 5.84.